The Morgan fingerprint density at radius 1 is 1.20 bits per heavy atom. The van der Waals surface area contributed by atoms with Crippen molar-refractivity contribution >= 4 is 10.9 Å². The van der Waals surface area contributed by atoms with Gasteiger partial charge in [0.15, 0.2) is 0 Å². The van der Waals surface area contributed by atoms with E-state index in [1.54, 1.807) is 0 Å². The van der Waals surface area contributed by atoms with Gasteiger partial charge in [0.25, 0.3) is 0 Å². The number of nitrogens with zero attached hydrogens (tertiary/aromatic N) is 2. The lowest BCUT2D eigenvalue weighted by molar-refractivity contribution is 0.353. The summed E-state index contributed by atoms with van der Waals surface area (Å²) in [5, 5.41) is 1.36. The van der Waals surface area contributed by atoms with Crippen molar-refractivity contribution in [2.45, 2.75) is 52.4 Å². The van der Waals surface area contributed by atoms with Crippen LogP contribution in [0.3, 0.4) is 0 Å². The van der Waals surface area contributed by atoms with Crippen molar-refractivity contribution in [2.24, 2.45) is 5.73 Å². The minimum Gasteiger partial charge on any atom is -0.347 e. The average molecular weight is 271 g/mol. The number of hydrogen-bond donors (Lipinski definition) is 1. The molecule has 1 aliphatic heterocycles. The van der Waals surface area contributed by atoms with Crippen LogP contribution in [-0.2, 0) is 19.6 Å². The molecule has 3 heteroatoms. The summed E-state index contributed by atoms with van der Waals surface area (Å²) in [6.07, 6.45) is 4.42. The van der Waals surface area contributed by atoms with E-state index in [1.165, 1.54) is 27.6 Å². The highest BCUT2D eigenvalue weighted by atomic mass is 15.1. The third-order valence-electron chi connectivity index (χ3n) is 4.42. The minimum atomic E-state index is 0.146. The van der Waals surface area contributed by atoms with Crippen molar-refractivity contribution in [2.75, 3.05) is 7.05 Å². The first kappa shape index (κ1) is 13.7. The Balaban J connectivity index is 2.18. The van der Waals surface area contributed by atoms with Gasteiger partial charge >= 0.3 is 0 Å². The van der Waals surface area contributed by atoms with Gasteiger partial charge in [0.1, 0.15) is 0 Å². The lowest BCUT2D eigenvalue weighted by Crippen LogP contribution is -2.08. The maximum absolute atomic E-state index is 6.32. The van der Waals surface area contributed by atoms with Crippen LogP contribution < -0.4 is 5.73 Å². The van der Waals surface area contributed by atoms with Crippen LogP contribution in [0.1, 0.15) is 49.4 Å². The lowest BCUT2D eigenvalue weighted by Gasteiger charge is -2.07. The van der Waals surface area contributed by atoms with Gasteiger partial charge in [0, 0.05) is 42.8 Å². The van der Waals surface area contributed by atoms with Crippen LogP contribution >= 0.6 is 0 Å². The first-order valence-electron chi connectivity index (χ1n) is 7.72. The van der Waals surface area contributed by atoms with Gasteiger partial charge in [0.05, 0.1) is 0 Å². The molecule has 1 unspecified atom stereocenters. The Morgan fingerprint density at radius 3 is 2.55 bits per heavy atom. The fourth-order valence-electron chi connectivity index (χ4n) is 3.33. The van der Waals surface area contributed by atoms with Gasteiger partial charge in [-0.05, 0) is 48.7 Å². The van der Waals surface area contributed by atoms with Crippen LogP contribution in [-0.4, -0.2) is 16.5 Å². The number of benzene rings is 1. The van der Waals surface area contributed by atoms with E-state index in [9.17, 15) is 0 Å². The van der Waals surface area contributed by atoms with Crippen molar-refractivity contribution in [3.05, 3.63) is 35.0 Å². The van der Waals surface area contributed by atoms with Crippen LogP contribution in [0.25, 0.3) is 10.9 Å². The van der Waals surface area contributed by atoms with E-state index in [0.717, 1.165) is 32.5 Å². The molecule has 0 saturated carbocycles. The molecule has 3 nitrogen and oxygen atoms in total. The number of rotatable bonds is 4. The summed E-state index contributed by atoms with van der Waals surface area (Å²) in [4.78, 5) is 2.37. The third-order valence-corrected chi connectivity index (χ3v) is 4.42. The summed E-state index contributed by atoms with van der Waals surface area (Å²) in [7, 11) is 2.18. The van der Waals surface area contributed by atoms with Crippen molar-refractivity contribution in [3.8, 4) is 0 Å². The lowest BCUT2D eigenvalue weighted by atomic mass is 10.0. The second-order valence-corrected chi connectivity index (χ2v) is 6.10. The molecule has 2 N–H and O–H groups in total. The fraction of sp³-hybridized carbons (Fsp3) is 0.529. The number of aryl methyl sites for hydroxylation is 1. The van der Waals surface area contributed by atoms with E-state index < -0.39 is 0 Å². The first-order chi connectivity index (χ1) is 9.63. The summed E-state index contributed by atoms with van der Waals surface area (Å²) >= 11 is 0. The van der Waals surface area contributed by atoms with Crippen LogP contribution in [0.2, 0.25) is 0 Å². The Morgan fingerprint density at radius 2 is 1.90 bits per heavy atom. The zero-order chi connectivity index (χ0) is 14.3. The van der Waals surface area contributed by atoms with Gasteiger partial charge in [-0.15, -0.1) is 0 Å². The molecule has 3 rings (SSSR count). The van der Waals surface area contributed by atoms with E-state index >= 15 is 0 Å². The molecule has 1 aromatic heterocycles. The highest BCUT2D eigenvalue weighted by Gasteiger charge is 2.20. The molecule has 0 radical (unpaired) electrons. The maximum atomic E-state index is 6.32. The van der Waals surface area contributed by atoms with Gasteiger partial charge in [0.2, 0.25) is 0 Å². The van der Waals surface area contributed by atoms with Gasteiger partial charge in [-0.2, -0.15) is 0 Å². The molecule has 1 aliphatic rings. The zero-order valence-electron chi connectivity index (χ0n) is 12.8. The summed E-state index contributed by atoms with van der Waals surface area (Å²) in [6.45, 7) is 7.59. The highest BCUT2D eigenvalue weighted by Crippen LogP contribution is 2.33. The third kappa shape index (κ3) is 2.15. The van der Waals surface area contributed by atoms with Crippen LogP contribution in [0.5, 0.6) is 0 Å². The molecular formula is C17H25N3. The quantitative estimate of drug-likeness (QED) is 0.924. The number of hydrogen-bond acceptors (Lipinski definition) is 2. The topological polar surface area (TPSA) is 34.2 Å². The molecule has 0 fully saturated rings. The summed E-state index contributed by atoms with van der Waals surface area (Å²) in [6, 6.07) is 4.91. The molecule has 1 aromatic carbocycles. The number of fused-ring (bicyclic) bond motifs is 2. The maximum Gasteiger partial charge on any atom is 0.0487 e. The molecule has 0 spiro atoms. The van der Waals surface area contributed by atoms with Crippen molar-refractivity contribution in [3.63, 3.8) is 0 Å². The van der Waals surface area contributed by atoms with E-state index in [4.69, 9.17) is 5.73 Å². The second-order valence-electron chi connectivity index (χ2n) is 6.10. The molecule has 0 bridgehead atoms. The monoisotopic (exact) mass is 271 g/mol. The Labute approximate surface area is 121 Å². The molecule has 0 aliphatic carbocycles. The van der Waals surface area contributed by atoms with E-state index in [2.05, 4.69) is 48.7 Å². The van der Waals surface area contributed by atoms with Crippen molar-refractivity contribution in [1.29, 1.82) is 0 Å². The predicted molar refractivity (Wildman–Crippen MR) is 84.6 cm³/mol. The van der Waals surface area contributed by atoms with Crippen LogP contribution in [0.4, 0.5) is 0 Å². The summed E-state index contributed by atoms with van der Waals surface area (Å²) in [5.41, 5.74) is 11.9. The number of nitrogens with two attached hydrogens (primary N) is 1. The fourth-order valence-corrected chi connectivity index (χ4v) is 3.33. The predicted octanol–water partition coefficient (Wildman–Crippen LogP) is 3.41. The van der Waals surface area contributed by atoms with Gasteiger partial charge in [-0.3, -0.25) is 4.90 Å². The Kier molecular flexibility index (Phi) is 3.57. The molecule has 0 amide bonds. The van der Waals surface area contributed by atoms with E-state index in [0.29, 0.717) is 0 Å². The average Bonchev–Trinajstić information content (AvgIpc) is 2.95. The van der Waals surface area contributed by atoms with E-state index in [-0.39, 0.29) is 6.04 Å². The molecule has 0 saturated heterocycles. The smallest absolute Gasteiger partial charge is 0.0487 e. The molecular weight excluding hydrogens is 246 g/mol. The number of aromatic nitrogens is 1. The van der Waals surface area contributed by atoms with Crippen LogP contribution in [0.15, 0.2) is 18.3 Å². The first-order valence-corrected chi connectivity index (χ1v) is 7.72. The highest BCUT2D eigenvalue weighted by molar-refractivity contribution is 5.86. The molecule has 2 heterocycles. The van der Waals surface area contributed by atoms with Crippen LogP contribution in [0, 0.1) is 0 Å². The minimum absolute atomic E-state index is 0.146. The zero-order valence-corrected chi connectivity index (χ0v) is 12.8. The van der Waals surface area contributed by atoms with Gasteiger partial charge in [-0.1, -0.05) is 13.8 Å². The van der Waals surface area contributed by atoms with E-state index in [1.807, 2.05) is 0 Å². The van der Waals surface area contributed by atoms with Crippen molar-refractivity contribution in [1.82, 2.24) is 9.47 Å². The Hall–Kier alpha value is -1.32. The standard InChI is InChI=1S/C17H25N3/c1-4-6-20-11-15(16(18)5-2)14-7-12-9-19(3)10-13(12)8-17(14)20/h7-8,11,16H,4-6,9-10,18H2,1-3H3. The second kappa shape index (κ2) is 5.23. The largest absolute Gasteiger partial charge is 0.347 e. The normalized spacial score (nSPS) is 16.8. The molecule has 20 heavy (non-hydrogen) atoms. The summed E-state index contributed by atoms with van der Waals surface area (Å²) in [5.74, 6) is 0. The molecule has 1 atom stereocenters. The summed E-state index contributed by atoms with van der Waals surface area (Å²) < 4.78 is 2.39. The Bertz CT molecular complexity index is 627. The molecule has 108 valence electrons. The van der Waals surface area contributed by atoms with Crippen molar-refractivity contribution < 1.29 is 0 Å². The SMILES string of the molecule is CCCn1cc(C(N)CC)c2cc3c(cc21)CN(C)C3. The van der Waals surface area contributed by atoms with Gasteiger partial charge < -0.3 is 10.3 Å². The molecule has 2 aromatic rings. The van der Waals surface area contributed by atoms with Gasteiger partial charge in [-0.25, -0.2) is 0 Å².